The third-order valence-electron chi connectivity index (χ3n) is 3.57. The molecule has 3 aromatic rings. The van der Waals surface area contributed by atoms with Crippen molar-refractivity contribution in [2.24, 2.45) is 0 Å². The van der Waals surface area contributed by atoms with Crippen LogP contribution in [0, 0.1) is 6.92 Å². The van der Waals surface area contributed by atoms with E-state index >= 15 is 0 Å². The highest BCUT2D eigenvalue weighted by molar-refractivity contribution is 7.10. The Morgan fingerprint density at radius 1 is 1.24 bits per heavy atom. The molecule has 0 bridgehead atoms. The first-order chi connectivity index (χ1) is 12.2. The molecule has 0 aliphatic heterocycles. The topological polar surface area (TPSA) is 51.2 Å². The van der Waals surface area contributed by atoms with Crippen LogP contribution in [0.5, 0.6) is 5.75 Å². The number of nitrogens with one attached hydrogen (secondary N) is 1. The zero-order valence-electron chi connectivity index (χ0n) is 14.0. The number of carbonyl (C=O) groups is 1. The zero-order valence-corrected chi connectivity index (χ0v) is 15.7. The molecule has 0 saturated heterocycles. The lowest BCUT2D eigenvalue weighted by Crippen LogP contribution is -2.27. The Labute approximate surface area is 155 Å². The molecule has 0 unspecified atom stereocenters. The summed E-state index contributed by atoms with van der Waals surface area (Å²) in [4.78, 5) is 17.8. The summed E-state index contributed by atoms with van der Waals surface area (Å²) in [6.07, 6.45) is 1.18. The first-order valence-electron chi connectivity index (χ1n) is 8.11. The quantitative estimate of drug-likeness (QED) is 0.650. The third-order valence-corrected chi connectivity index (χ3v) is 5.37. The molecule has 0 atom stereocenters. The minimum Gasteiger partial charge on any atom is -0.486 e. The number of amides is 1. The van der Waals surface area contributed by atoms with Crippen LogP contribution >= 0.6 is 22.7 Å². The number of thiazole rings is 1. The SMILES string of the molecule is Cc1cccc(OCc2nc(CC(=O)NCCc3cccs3)cs2)c1. The van der Waals surface area contributed by atoms with Gasteiger partial charge in [-0.3, -0.25) is 4.79 Å². The average Bonchev–Trinajstić information content (AvgIpc) is 3.25. The zero-order chi connectivity index (χ0) is 17.5. The van der Waals surface area contributed by atoms with E-state index in [1.54, 1.807) is 11.3 Å². The summed E-state index contributed by atoms with van der Waals surface area (Å²) in [7, 11) is 0. The molecule has 1 N–H and O–H groups in total. The number of hydrogen-bond acceptors (Lipinski definition) is 5. The summed E-state index contributed by atoms with van der Waals surface area (Å²) < 4.78 is 5.75. The fourth-order valence-electron chi connectivity index (χ4n) is 2.35. The van der Waals surface area contributed by atoms with Crippen LogP contribution in [0.2, 0.25) is 0 Å². The normalized spacial score (nSPS) is 10.6. The van der Waals surface area contributed by atoms with Crippen molar-refractivity contribution >= 4 is 28.6 Å². The van der Waals surface area contributed by atoms with E-state index in [4.69, 9.17) is 4.74 Å². The first kappa shape index (κ1) is 17.6. The van der Waals surface area contributed by atoms with Gasteiger partial charge in [0.2, 0.25) is 5.91 Å². The van der Waals surface area contributed by atoms with Gasteiger partial charge in [-0.1, -0.05) is 18.2 Å². The molecule has 0 aliphatic carbocycles. The predicted octanol–water partition coefficient (Wildman–Crippen LogP) is 3.99. The summed E-state index contributed by atoms with van der Waals surface area (Å²) in [5.41, 5.74) is 1.96. The second-order valence-corrected chi connectivity index (χ2v) is 7.67. The van der Waals surface area contributed by atoms with Gasteiger partial charge in [0.05, 0.1) is 12.1 Å². The van der Waals surface area contributed by atoms with E-state index in [1.165, 1.54) is 16.2 Å². The van der Waals surface area contributed by atoms with Crippen molar-refractivity contribution in [3.63, 3.8) is 0 Å². The molecule has 0 aliphatic rings. The van der Waals surface area contributed by atoms with Crippen molar-refractivity contribution in [2.45, 2.75) is 26.4 Å². The van der Waals surface area contributed by atoms with Crippen LogP contribution in [0.15, 0.2) is 47.2 Å². The molecule has 130 valence electrons. The maximum atomic E-state index is 12.0. The summed E-state index contributed by atoms with van der Waals surface area (Å²) in [5.74, 6) is 0.844. The molecule has 0 fully saturated rings. The van der Waals surface area contributed by atoms with Gasteiger partial charge < -0.3 is 10.1 Å². The van der Waals surface area contributed by atoms with Gasteiger partial charge in [-0.25, -0.2) is 4.98 Å². The summed E-state index contributed by atoms with van der Waals surface area (Å²) in [6, 6.07) is 12.0. The Kier molecular flexibility index (Phi) is 6.19. The molecule has 3 rings (SSSR count). The van der Waals surface area contributed by atoms with Gasteiger partial charge in [0.25, 0.3) is 0 Å². The lowest BCUT2D eigenvalue weighted by molar-refractivity contribution is -0.120. The molecule has 4 nitrogen and oxygen atoms in total. The van der Waals surface area contributed by atoms with Gasteiger partial charge in [0.1, 0.15) is 17.4 Å². The van der Waals surface area contributed by atoms with E-state index in [0.717, 1.165) is 28.4 Å². The Morgan fingerprint density at radius 3 is 2.96 bits per heavy atom. The van der Waals surface area contributed by atoms with E-state index in [1.807, 2.05) is 48.0 Å². The lowest BCUT2D eigenvalue weighted by atomic mass is 10.2. The van der Waals surface area contributed by atoms with Gasteiger partial charge >= 0.3 is 0 Å². The number of benzene rings is 1. The molecule has 2 aromatic heterocycles. The van der Waals surface area contributed by atoms with E-state index in [2.05, 4.69) is 16.4 Å². The molecule has 1 aromatic carbocycles. The second kappa shape index (κ2) is 8.78. The summed E-state index contributed by atoms with van der Waals surface area (Å²) >= 11 is 3.23. The minimum absolute atomic E-state index is 0.00742. The molecule has 2 heterocycles. The highest BCUT2D eigenvalue weighted by atomic mass is 32.1. The maximum absolute atomic E-state index is 12.0. The van der Waals surface area contributed by atoms with Crippen LogP contribution < -0.4 is 10.1 Å². The van der Waals surface area contributed by atoms with Crippen molar-refractivity contribution in [1.82, 2.24) is 10.3 Å². The van der Waals surface area contributed by atoms with Crippen molar-refractivity contribution < 1.29 is 9.53 Å². The third kappa shape index (κ3) is 5.69. The maximum Gasteiger partial charge on any atom is 0.226 e. The summed E-state index contributed by atoms with van der Waals surface area (Å²) in [6.45, 7) is 3.12. The van der Waals surface area contributed by atoms with Gasteiger partial charge in [-0.15, -0.1) is 22.7 Å². The second-order valence-electron chi connectivity index (χ2n) is 5.69. The lowest BCUT2D eigenvalue weighted by Gasteiger charge is -2.04. The molecule has 6 heteroatoms. The highest BCUT2D eigenvalue weighted by Gasteiger charge is 2.08. The molecule has 0 radical (unpaired) electrons. The Bertz CT molecular complexity index is 812. The molecule has 25 heavy (non-hydrogen) atoms. The minimum atomic E-state index is 0.00742. The number of aryl methyl sites for hydroxylation is 1. The number of aromatic nitrogens is 1. The van der Waals surface area contributed by atoms with Crippen LogP contribution in [0.25, 0.3) is 0 Å². The van der Waals surface area contributed by atoms with Gasteiger partial charge in [-0.05, 0) is 42.5 Å². The van der Waals surface area contributed by atoms with Gasteiger partial charge in [0, 0.05) is 16.8 Å². The number of rotatable bonds is 8. The Hall–Kier alpha value is -2.18. The van der Waals surface area contributed by atoms with E-state index in [9.17, 15) is 4.79 Å². The average molecular weight is 373 g/mol. The highest BCUT2D eigenvalue weighted by Crippen LogP contribution is 2.17. The number of nitrogens with zero attached hydrogens (tertiary/aromatic N) is 1. The molecule has 0 saturated carbocycles. The largest absolute Gasteiger partial charge is 0.486 e. The fourth-order valence-corrected chi connectivity index (χ4v) is 3.77. The summed E-state index contributed by atoms with van der Waals surface area (Å²) in [5, 5.41) is 7.79. The number of hydrogen-bond donors (Lipinski definition) is 1. The van der Waals surface area contributed by atoms with Crippen LogP contribution in [0.3, 0.4) is 0 Å². The molecule has 0 spiro atoms. The Balaban J connectivity index is 1.42. The van der Waals surface area contributed by atoms with Gasteiger partial charge in [-0.2, -0.15) is 0 Å². The van der Waals surface area contributed by atoms with E-state index < -0.39 is 0 Å². The van der Waals surface area contributed by atoms with Crippen LogP contribution in [0.1, 0.15) is 21.1 Å². The number of thiophene rings is 1. The standard InChI is InChI=1S/C19H20N2O2S2/c1-14-4-2-5-16(10-14)23-12-19-21-15(13-25-19)11-18(22)20-8-7-17-6-3-9-24-17/h2-6,9-10,13H,7-8,11-12H2,1H3,(H,20,22). The Morgan fingerprint density at radius 2 is 2.16 bits per heavy atom. The molecular weight excluding hydrogens is 352 g/mol. The molecule has 1 amide bonds. The van der Waals surface area contributed by atoms with Crippen molar-refractivity contribution in [1.29, 1.82) is 0 Å². The van der Waals surface area contributed by atoms with Crippen LogP contribution in [-0.2, 0) is 24.2 Å². The van der Waals surface area contributed by atoms with Crippen LogP contribution in [0.4, 0.5) is 0 Å². The first-order valence-corrected chi connectivity index (χ1v) is 9.87. The fraction of sp³-hybridized carbons (Fsp3) is 0.263. The van der Waals surface area contributed by atoms with Crippen molar-refractivity contribution in [3.05, 3.63) is 68.3 Å². The van der Waals surface area contributed by atoms with Gasteiger partial charge in [0.15, 0.2) is 0 Å². The monoisotopic (exact) mass is 372 g/mol. The molecular formula is C19H20N2O2S2. The van der Waals surface area contributed by atoms with Crippen LogP contribution in [-0.4, -0.2) is 17.4 Å². The smallest absolute Gasteiger partial charge is 0.226 e. The van der Waals surface area contributed by atoms with E-state index in [0.29, 0.717) is 19.6 Å². The predicted molar refractivity (Wildman–Crippen MR) is 102 cm³/mol. The van der Waals surface area contributed by atoms with E-state index in [-0.39, 0.29) is 5.91 Å². The number of carbonyl (C=O) groups excluding carboxylic acids is 1. The van der Waals surface area contributed by atoms with Crippen molar-refractivity contribution in [3.8, 4) is 5.75 Å². The number of ether oxygens (including phenoxy) is 1. The van der Waals surface area contributed by atoms with Crippen molar-refractivity contribution in [2.75, 3.05) is 6.54 Å².